The zero-order valence-corrected chi connectivity index (χ0v) is 29.6. The van der Waals surface area contributed by atoms with Gasteiger partial charge in [-0.25, -0.2) is 0 Å². The third kappa shape index (κ3) is 5.67. The van der Waals surface area contributed by atoms with Gasteiger partial charge >= 0.3 is 0 Å². The molecule has 0 atom stereocenters. The molecule has 1 N–H and O–H groups in total. The molecule has 0 fully saturated rings. The Morgan fingerprint density at radius 1 is 0.929 bits per heavy atom. The van der Waals surface area contributed by atoms with Crippen LogP contribution in [0.4, 0.5) is 0 Å². The van der Waals surface area contributed by atoms with Gasteiger partial charge in [-0.2, -0.15) is 11.3 Å². The summed E-state index contributed by atoms with van der Waals surface area (Å²) >= 11 is 1.89. The van der Waals surface area contributed by atoms with Crippen LogP contribution in [0.1, 0.15) is 53.4 Å². The molecule has 6 rings (SSSR count). The number of carbonyl (C=O) groups is 1. The maximum absolute atomic E-state index is 11.7. The Kier molecular flexibility index (Phi) is 10.3. The SMILES string of the molecule is CCC(CC)C(=O)/C=C(\O)C(CC)CC.C[Si]1(C)c2c(ncc3ccccc23)-c2[c-]ccc3sc4cccc1c4c23.[Ir]. The first-order valence-corrected chi connectivity index (χ1v) is 18.8. The minimum absolute atomic E-state index is 0. The first-order valence-electron chi connectivity index (χ1n) is 15.0. The monoisotopic (exact) mass is 771 g/mol. The molecule has 0 spiro atoms. The molecular weight excluding hydrogens is 731 g/mol. The van der Waals surface area contributed by atoms with Gasteiger partial charge in [0.1, 0.15) is 8.07 Å². The quantitative estimate of drug-likeness (QED) is 0.0778. The number of pyridine rings is 1. The molecule has 0 aliphatic carbocycles. The van der Waals surface area contributed by atoms with E-state index in [9.17, 15) is 9.90 Å². The van der Waals surface area contributed by atoms with Crippen LogP contribution in [-0.2, 0) is 24.9 Å². The summed E-state index contributed by atoms with van der Waals surface area (Å²) in [5, 5.41) is 18.1. The van der Waals surface area contributed by atoms with E-state index in [1.54, 1.807) is 0 Å². The number of thiophene rings is 1. The van der Waals surface area contributed by atoms with E-state index in [0.717, 1.165) is 31.4 Å². The summed E-state index contributed by atoms with van der Waals surface area (Å²) in [6.45, 7) is 13.0. The Balaban J connectivity index is 0.000000221. The van der Waals surface area contributed by atoms with E-state index in [1.807, 2.05) is 45.2 Å². The fourth-order valence-electron chi connectivity index (χ4n) is 6.41. The zero-order chi connectivity index (χ0) is 29.3. The summed E-state index contributed by atoms with van der Waals surface area (Å²) in [4.78, 5) is 16.7. The second-order valence-electron chi connectivity index (χ2n) is 11.6. The molecule has 1 radical (unpaired) electrons. The van der Waals surface area contributed by atoms with Gasteiger partial charge in [-0.05, 0) is 58.3 Å². The number of aliphatic hydroxyl groups excluding tert-OH is 1. The third-order valence-corrected chi connectivity index (χ3v) is 13.5. The molecule has 0 amide bonds. The second kappa shape index (κ2) is 13.3. The molecular formula is C36H40IrNO2SSi-. The van der Waals surface area contributed by atoms with Gasteiger partial charge in [0.25, 0.3) is 0 Å². The fraction of sp³-hybridized carbons (Fsp3) is 0.333. The Labute approximate surface area is 268 Å². The van der Waals surface area contributed by atoms with Gasteiger partial charge in [-0.1, -0.05) is 92.9 Å². The smallest absolute Gasteiger partial charge is 0.162 e. The van der Waals surface area contributed by atoms with Crippen LogP contribution < -0.4 is 10.4 Å². The van der Waals surface area contributed by atoms with Crippen molar-refractivity contribution in [3.8, 4) is 11.3 Å². The number of fused-ring (bicyclic) bond motifs is 4. The van der Waals surface area contributed by atoms with E-state index in [1.165, 1.54) is 53.0 Å². The number of ketones is 1. The number of aromatic nitrogens is 1. The van der Waals surface area contributed by atoms with E-state index in [4.69, 9.17) is 4.98 Å². The fourth-order valence-corrected chi connectivity index (χ4v) is 11.0. The molecule has 1 aliphatic heterocycles. The first-order chi connectivity index (χ1) is 19.8. The number of carbonyl (C=O) groups excluding carboxylic acids is 1. The number of allylic oxidation sites excluding steroid dienone is 2. The van der Waals surface area contributed by atoms with E-state index < -0.39 is 8.07 Å². The molecule has 5 aromatic rings. The molecule has 0 bridgehead atoms. The van der Waals surface area contributed by atoms with Gasteiger partial charge < -0.3 is 10.1 Å². The number of rotatable bonds is 7. The number of nitrogens with zero attached hydrogens (tertiary/aromatic N) is 1. The van der Waals surface area contributed by atoms with Crippen molar-refractivity contribution >= 4 is 66.5 Å². The summed E-state index contributed by atoms with van der Waals surface area (Å²) in [6.07, 6.45) is 6.94. The average Bonchev–Trinajstić information content (AvgIpc) is 3.33. The number of hydrogen-bond acceptors (Lipinski definition) is 4. The van der Waals surface area contributed by atoms with E-state index in [0.29, 0.717) is 0 Å². The van der Waals surface area contributed by atoms with Crippen molar-refractivity contribution in [2.24, 2.45) is 11.8 Å². The summed E-state index contributed by atoms with van der Waals surface area (Å²) in [6, 6.07) is 23.4. The topological polar surface area (TPSA) is 50.2 Å². The normalized spacial score (nSPS) is 13.7. The van der Waals surface area contributed by atoms with Gasteiger partial charge in [0, 0.05) is 48.9 Å². The number of benzene rings is 3. The standard InChI is InChI=1S/C23H16NSSi.C13H24O2.Ir/c1-26(2)19-12-6-11-18-21(19)20-16(9-5-10-17(20)25-18)22-23(26)15-8-4-3-7-14(15)13-24-22;1-5-10(6-2)12(14)9-13(15)11(7-3)8-4;/h3-8,10-13H,1-2H3;9-11,14H,5-8H2,1-4H3;/q-1;;/b;12-9-;. The Morgan fingerprint density at radius 2 is 1.60 bits per heavy atom. The molecule has 0 unspecified atom stereocenters. The van der Waals surface area contributed by atoms with Crippen molar-refractivity contribution in [2.75, 3.05) is 0 Å². The Morgan fingerprint density at radius 3 is 2.29 bits per heavy atom. The van der Waals surface area contributed by atoms with Crippen LogP contribution in [0, 0.1) is 17.9 Å². The Hall–Kier alpha value is -2.63. The molecule has 3 heterocycles. The minimum Gasteiger partial charge on any atom is -0.512 e. The molecule has 3 aromatic carbocycles. The molecule has 0 saturated carbocycles. The van der Waals surface area contributed by atoms with Crippen LogP contribution in [0.5, 0.6) is 0 Å². The largest absolute Gasteiger partial charge is 0.512 e. The number of hydrogen-bond donors (Lipinski definition) is 1. The van der Waals surface area contributed by atoms with E-state index in [2.05, 4.69) is 73.8 Å². The maximum atomic E-state index is 11.7. The van der Waals surface area contributed by atoms with Crippen LogP contribution in [-0.4, -0.2) is 23.9 Å². The van der Waals surface area contributed by atoms with Crippen molar-refractivity contribution in [2.45, 2.75) is 66.5 Å². The van der Waals surface area contributed by atoms with Crippen molar-refractivity contribution in [3.63, 3.8) is 0 Å². The summed E-state index contributed by atoms with van der Waals surface area (Å²) in [5.74, 6) is 0.547. The van der Waals surface area contributed by atoms with Crippen molar-refractivity contribution in [1.29, 1.82) is 0 Å². The van der Waals surface area contributed by atoms with Crippen molar-refractivity contribution in [1.82, 2.24) is 4.98 Å². The molecule has 1 aliphatic rings. The Bertz CT molecular complexity index is 1770. The molecule has 0 saturated heterocycles. The minimum atomic E-state index is -1.94. The van der Waals surface area contributed by atoms with Gasteiger partial charge in [0.15, 0.2) is 5.78 Å². The predicted molar refractivity (Wildman–Crippen MR) is 180 cm³/mol. The van der Waals surface area contributed by atoms with Gasteiger partial charge in [0.05, 0.1) is 5.76 Å². The molecule has 42 heavy (non-hydrogen) atoms. The maximum Gasteiger partial charge on any atom is 0.162 e. The molecule has 6 heteroatoms. The van der Waals surface area contributed by atoms with Gasteiger partial charge in [-0.15, -0.1) is 23.8 Å². The molecule has 3 nitrogen and oxygen atoms in total. The van der Waals surface area contributed by atoms with Crippen LogP contribution in [0.15, 0.2) is 72.6 Å². The predicted octanol–water partition coefficient (Wildman–Crippen LogP) is 9.07. The van der Waals surface area contributed by atoms with Crippen LogP contribution in [0.3, 0.4) is 0 Å². The van der Waals surface area contributed by atoms with Crippen LogP contribution in [0.2, 0.25) is 13.1 Å². The summed E-state index contributed by atoms with van der Waals surface area (Å²) in [7, 11) is -1.94. The first kappa shape index (κ1) is 32.3. The second-order valence-corrected chi connectivity index (χ2v) is 16.9. The van der Waals surface area contributed by atoms with Crippen LogP contribution in [0.25, 0.3) is 42.2 Å². The molecule has 221 valence electrons. The third-order valence-electron chi connectivity index (χ3n) is 8.87. The van der Waals surface area contributed by atoms with Crippen LogP contribution >= 0.6 is 11.3 Å². The summed E-state index contributed by atoms with van der Waals surface area (Å²) in [5.41, 5.74) is 2.32. The zero-order valence-electron chi connectivity index (χ0n) is 25.4. The van der Waals surface area contributed by atoms with Crippen molar-refractivity contribution < 1.29 is 30.0 Å². The molecule has 2 aromatic heterocycles. The van der Waals surface area contributed by atoms with E-state index in [-0.39, 0.29) is 43.5 Å². The van der Waals surface area contributed by atoms with Gasteiger partial charge in [0.2, 0.25) is 0 Å². The average molecular weight is 771 g/mol. The van der Waals surface area contributed by atoms with Crippen molar-refractivity contribution in [3.05, 3.63) is 78.7 Å². The number of aliphatic hydroxyl groups is 1. The van der Waals surface area contributed by atoms with E-state index >= 15 is 0 Å². The summed E-state index contributed by atoms with van der Waals surface area (Å²) < 4.78 is 2.73. The van der Waals surface area contributed by atoms with Gasteiger partial charge in [-0.3, -0.25) is 4.79 Å².